The zero-order valence-electron chi connectivity index (χ0n) is 14.6. The van der Waals surface area contributed by atoms with E-state index in [1.54, 1.807) is 9.20 Å². The lowest BCUT2D eigenvalue weighted by Crippen LogP contribution is -2.19. The summed E-state index contributed by atoms with van der Waals surface area (Å²) in [5.41, 5.74) is 4.97. The second-order valence-corrected chi connectivity index (χ2v) is 6.22. The second kappa shape index (κ2) is 6.44. The Balaban J connectivity index is 1.74. The number of hydrogen-bond donors (Lipinski definition) is 0. The van der Waals surface area contributed by atoms with E-state index in [9.17, 15) is 4.79 Å². The van der Waals surface area contributed by atoms with E-state index in [4.69, 9.17) is 0 Å². The van der Waals surface area contributed by atoms with Crippen molar-refractivity contribution in [1.82, 2.24) is 19.2 Å². The minimum absolute atomic E-state index is 0.127. The highest BCUT2D eigenvalue weighted by molar-refractivity contribution is 5.67. The quantitative estimate of drug-likeness (QED) is 0.571. The van der Waals surface area contributed by atoms with E-state index < -0.39 is 0 Å². The first kappa shape index (κ1) is 16.0. The number of aromatic nitrogens is 4. The molecule has 0 saturated heterocycles. The Bertz CT molecular complexity index is 1170. The smallest absolute Gasteiger partial charge is 0.267 e. The van der Waals surface area contributed by atoms with Crippen LogP contribution in [0.2, 0.25) is 0 Å². The van der Waals surface area contributed by atoms with Crippen molar-refractivity contribution in [3.05, 3.63) is 93.8 Å². The lowest BCUT2D eigenvalue weighted by Gasteiger charge is -2.07. The molecule has 0 aliphatic heterocycles. The molecule has 1 aromatic carbocycles. The summed E-state index contributed by atoms with van der Waals surface area (Å²) in [6, 6.07) is 17.2. The van der Waals surface area contributed by atoms with Crippen LogP contribution in [0.3, 0.4) is 0 Å². The van der Waals surface area contributed by atoms with E-state index >= 15 is 0 Å². The summed E-state index contributed by atoms with van der Waals surface area (Å²) in [6.07, 6.45) is 5.53. The molecule has 0 aliphatic carbocycles. The van der Waals surface area contributed by atoms with Gasteiger partial charge in [0.1, 0.15) is 0 Å². The van der Waals surface area contributed by atoms with Crippen LogP contribution < -0.4 is 5.56 Å². The minimum atomic E-state index is -0.127. The molecule has 0 amide bonds. The molecular formula is C21H18N4O. The van der Waals surface area contributed by atoms with Gasteiger partial charge in [-0.2, -0.15) is 4.52 Å². The first-order chi connectivity index (χ1) is 12.6. The maximum Gasteiger partial charge on any atom is 0.273 e. The molecule has 0 aliphatic rings. The highest BCUT2D eigenvalue weighted by atomic mass is 16.1. The molecule has 3 aromatic heterocycles. The average Bonchev–Trinajstić information content (AvgIpc) is 3.05. The van der Waals surface area contributed by atoms with Crippen molar-refractivity contribution >= 4 is 17.8 Å². The SMILES string of the molecule is Cc1ccc(-n2ccc3nc(/C=C/c4cccc(C)n4)cc(=O)n32)cc1. The second-order valence-electron chi connectivity index (χ2n) is 6.22. The van der Waals surface area contributed by atoms with Crippen molar-refractivity contribution in [2.45, 2.75) is 13.8 Å². The van der Waals surface area contributed by atoms with Crippen LogP contribution in [0.25, 0.3) is 23.5 Å². The third-order valence-electron chi connectivity index (χ3n) is 4.15. The molecule has 0 fully saturated rings. The number of fused-ring (bicyclic) bond motifs is 1. The number of pyridine rings is 1. The molecule has 0 atom stereocenters. The lowest BCUT2D eigenvalue weighted by atomic mass is 10.2. The molecule has 0 saturated carbocycles. The lowest BCUT2D eigenvalue weighted by molar-refractivity contribution is 0.763. The van der Waals surface area contributed by atoms with E-state index in [-0.39, 0.29) is 5.56 Å². The van der Waals surface area contributed by atoms with Crippen molar-refractivity contribution in [3.8, 4) is 5.69 Å². The first-order valence-corrected chi connectivity index (χ1v) is 8.40. The summed E-state index contributed by atoms with van der Waals surface area (Å²) in [7, 11) is 0. The Morgan fingerprint density at radius 2 is 1.65 bits per heavy atom. The van der Waals surface area contributed by atoms with Crippen LogP contribution in [0, 0.1) is 13.8 Å². The van der Waals surface area contributed by atoms with Gasteiger partial charge in [0.05, 0.1) is 17.1 Å². The van der Waals surface area contributed by atoms with Crippen LogP contribution in [0.15, 0.2) is 65.6 Å². The predicted molar refractivity (Wildman–Crippen MR) is 103 cm³/mol. The van der Waals surface area contributed by atoms with Crippen molar-refractivity contribution in [2.75, 3.05) is 0 Å². The highest BCUT2D eigenvalue weighted by Crippen LogP contribution is 2.12. The number of nitrogens with zero attached hydrogens (tertiary/aromatic N) is 4. The fourth-order valence-corrected chi connectivity index (χ4v) is 2.85. The topological polar surface area (TPSA) is 52.2 Å². The Hall–Kier alpha value is -3.47. The van der Waals surface area contributed by atoms with Crippen molar-refractivity contribution in [3.63, 3.8) is 0 Å². The molecule has 0 N–H and O–H groups in total. The molecule has 0 spiro atoms. The maximum atomic E-state index is 12.6. The standard InChI is InChI=1S/C21H18N4O/c1-15-6-10-19(11-7-15)24-13-12-20-23-18(14-21(26)25(20)24)9-8-17-5-3-4-16(2)22-17/h3-14H,1-2H3/b9-8+. The Labute approximate surface area is 150 Å². The first-order valence-electron chi connectivity index (χ1n) is 8.40. The van der Waals surface area contributed by atoms with Gasteiger partial charge in [-0.3, -0.25) is 14.5 Å². The van der Waals surface area contributed by atoms with Crippen LogP contribution in [-0.2, 0) is 0 Å². The van der Waals surface area contributed by atoms with Gasteiger partial charge in [-0.25, -0.2) is 4.98 Å². The maximum absolute atomic E-state index is 12.6. The zero-order valence-corrected chi connectivity index (χ0v) is 14.6. The van der Waals surface area contributed by atoms with Crippen LogP contribution in [0.5, 0.6) is 0 Å². The zero-order chi connectivity index (χ0) is 18.1. The van der Waals surface area contributed by atoms with Crippen molar-refractivity contribution < 1.29 is 0 Å². The molecule has 0 unspecified atom stereocenters. The summed E-state index contributed by atoms with van der Waals surface area (Å²) in [4.78, 5) is 21.6. The van der Waals surface area contributed by atoms with Crippen LogP contribution in [0.1, 0.15) is 22.6 Å². The number of benzene rings is 1. The van der Waals surface area contributed by atoms with Gasteiger partial charge in [0, 0.05) is 24.0 Å². The number of rotatable bonds is 3. The van der Waals surface area contributed by atoms with Gasteiger partial charge >= 0.3 is 0 Å². The van der Waals surface area contributed by atoms with Gasteiger partial charge in [-0.15, -0.1) is 0 Å². The fraction of sp³-hybridized carbons (Fsp3) is 0.0952. The highest BCUT2D eigenvalue weighted by Gasteiger charge is 2.07. The van der Waals surface area contributed by atoms with E-state index in [0.717, 1.165) is 17.1 Å². The molecule has 0 bridgehead atoms. The molecule has 4 rings (SSSR count). The van der Waals surface area contributed by atoms with E-state index in [1.165, 1.54) is 11.6 Å². The molecule has 5 heteroatoms. The van der Waals surface area contributed by atoms with Gasteiger partial charge in [-0.05, 0) is 50.3 Å². The number of hydrogen-bond acceptors (Lipinski definition) is 3. The van der Waals surface area contributed by atoms with Crippen molar-refractivity contribution in [1.29, 1.82) is 0 Å². The van der Waals surface area contributed by atoms with Gasteiger partial charge in [0.2, 0.25) is 0 Å². The Morgan fingerprint density at radius 1 is 0.885 bits per heavy atom. The van der Waals surface area contributed by atoms with E-state index in [1.807, 2.05) is 80.7 Å². The summed E-state index contributed by atoms with van der Waals surface area (Å²) < 4.78 is 3.37. The molecule has 128 valence electrons. The van der Waals surface area contributed by atoms with Gasteiger partial charge in [0.25, 0.3) is 5.56 Å². The summed E-state index contributed by atoms with van der Waals surface area (Å²) in [5.74, 6) is 0. The molecule has 0 radical (unpaired) electrons. The minimum Gasteiger partial charge on any atom is -0.267 e. The van der Waals surface area contributed by atoms with Gasteiger partial charge in [0.15, 0.2) is 5.65 Å². The summed E-state index contributed by atoms with van der Waals surface area (Å²) in [5, 5.41) is 0. The van der Waals surface area contributed by atoms with Crippen LogP contribution in [0.4, 0.5) is 0 Å². The third kappa shape index (κ3) is 3.07. The third-order valence-corrected chi connectivity index (χ3v) is 4.15. The van der Waals surface area contributed by atoms with E-state index in [2.05, 4.69) is 9.97 Å². The molecule has 4 aromatic rings. The monoisotopic (exact) mass is 342 g/mol. The normalized spacial score (nSPS) is 11.5. The molecule has 3 heterocycles. The summed E-state index contributed by atoms with van der Waals surface area (Å²) >= 11 is 0. The van der Waals surface area contributed by atoms with Crippen molar-refractivity contribution in [2.24, 2.45) is 0 Å². The van der Waals surface area contributed by atoms with Gasteiger partial charge in [-0.1, -0.05) is 23.8 Å². The fourth-order valence-electron chi connectivity index (χ4n) is 2.85. The largest absolute Gasteiger partial charge is 0.273 e. The molecule has 5 nitrogen and oxygen atoms in total. The Kier molecular flexibility index (Phi) is 3.97. The molecular weight excluding hydrogens is 324 g/mol. The van der Waals surface area contributed by atoms with Gasteiger partial charge < -0.3 is 0 Å². The van der Waals surface area contributed by atoms with Crippen LogP contribution in [-0.4, -0.2) is 19.2 Å². The predicted octanol–water partition coefficient (Wildman–Crippen LogP) is 3.67. The Morgan fingerprint density at radius 3 is 2.42 bits per heavy atom. The molecule has 26 heavy (non-hydrogen) atoms. The summed E-state index contributed by atoms with van der Waals surface area (Å²) in [6.45, 7) is 3.98. The number of aryl methyl sites for hydroxylation is 2. The van der Waals surface area contributed by atoms with Crippen LogP contribution >= 0.6 is 0 Å². The van der Waals surface area contributed by atoms with E-state index in [0.29, 0.717) is 11.3 Å². The average molecular weight is 342 g/mol.